The zero-order chi connectivity index (χ0) is 11.0. The molecule has 0 aromatic heterocycles. The van der Waals surface area contributed by atoms with Crippen molar-refractivity contribution in [3.8, 4) is 0 Å². The maximum atomic E-state index is 11.6. The average molecular weight is 200 g/mol. The number of nitrogens with two attached hydrogens (primary N) is 1. The summed E-state index contributed by atoms with van der Waals surface area (Å²) >= 11 is 0. The number of hydrogen-bond acceptors (Lipinski definition) is 3. The van der Waals surface area contributed by atoms with Crippen LogP contribution in [0, 0.1) is 0 Å². The minimum Gasteiger partial charge on any atom is -0.444 e. The third-order valence-corrected chi connectivity index (χ3v) is 2.16. The molecule has 4 nitrogen and oxygen atoms in total. The fourth-order valence-electron chi connectivity index (χ4n) is 1.47. The summed E-state index contributed by atoms with van der Waals surface area (Å²) in [4.78, 5) is 13.3. The van der Waals surface area contributed by atoms with Crippen molar-refractivity contribution in [2.45, 2.75) is 45.3 Å². The van der Waals surface area contributed by atoms with Crippen LogP contribution in [-0.4, -0.2) is 35.2 Å². The monoisotopic (exact) mass is 200 g/mol. The van der Waals surface area contributed by atoms with Crippen molar-refractivity contribution < 1.29 is 9.53 Å². The van der Waals surface area contributed by atoms with Crippen molar-refractivity contribution >= 4 is 6.09 Å². The number of ether oxygens (including phenoxy) is 1. The Morgan fingerprint density at radius 2 is 2.07 bits per heavy atom. The molecule has 82 valence electrons. The number of rotatable bonds is 0. The van der Waals surface area contributed by atoms with Crippen LogP contribution < -0.4 is 5.73 Å². The first-order valence-corrected chi connectivity index (χ1v) is 4.96. The van der Waals surface area contributed by atoms with E-state index in [9.17, 15) is 4.79 Å². The van der Waals surface area contributed by atoms with Crippen LogP contribution in [0.25, 0.3) is 0 Å². The van der Waals surface area contributed by atoms with Crippen LogP contribution >= 0.6 is 0 Å². The van der Waals surface area contributed by atoms with E-state index in [1.165, 1.54) is 0 Å². The standard InChI is InChI=1S/C10H20N2O2/c1-9(2,3)14-8(13)12-6-5-10(4,11)7-12/h5-7,11H2,1-4H3/t10-/m0/s1. The normalized spacial score (nSPS) is 27.9. The number of likely N-dealkylation sites (tertiary alicyclic amines) is 1. The van der Waals surface area contributed by atoms with E-state index in [4.69, 9.17) is 10.5 Å². The first-order chi connectivity index (χ1) is 6.20. The highest BCUT2D eigenvalue weighted by molar-refractivity contribution is 5.68. The molecule has 1 aliphatic rings. The second kappa shape index (κ2) is 3.42. The Morgan fingerprint density at radius 3 is 2.43 bits per heavy atom. The van der Waals surface area contributed by atoms with Crippen molar-refractivity contribution in [3.63, 3.8) is 0 Å². The second-order valence-electron chi connectivity index (χ2n) is 5.31. The molecule has 2 N–H and O–H groups in total. The van der Waals surface area contributed by atoms with Gasteiger partial charge in [-0.25, -0.2) is 4.79 Å². The fourth-order valence-corrected chi connectivity index (χ4v) is 1.47. The topological polar surface area (TPSA) is 55.6 Å². The minimum absolute atomic E-state index is 0.253. The molecule has 1 aliphatic heterocycles. The number of amides is 1. The summed E-state index contributed by atoms with van der Waals surface area (Å²) in [6.45, 7) is 8.83. The van der Waals surface area contributed by atoms with Gasteiger partial charge in [0, 0.05) is 18.6 Å². The molecule has 1 rings (SSSR count). The van der Waals surface area contributed by atoms with Gasteiger partial charge in [-0.3, -0.25) is 0 Å². The molecule has 0 aliphatic carbocycles. The Bertz CT molecular complexity index is 231. The molecule has 1 heterocycles. The van der Waals surface area contributed by atoms with E-state index in [-0.39, 0.29) is 11.6 Å². The minimum atomic E-state index is -0.426. The third kappa shape index (κ3) is 3.18. The SMILES string of the molecule is CC(C)(C)OC(=O)N1CC[C@](C)(N)C1. The van der Waals surface area contributed by atoms with E-state index in [1.807, 2.05) is 27.7 Å². The van der Waals surface area contributed by atoms with Gasteiger partial charge in [-0.05, 0) is 34.1 Å². The summed E-state index contributed by atoms with van der Waals surface area (Å²) in [7, 11) is 0. The fraction of sp³-hybridized carbons (Fsp3) is 0.900. The van der Waals surface area contributed by atoms with Crippen molar-refractivity contribution in [1.29, 1.82) is 0 Å². The molecular formula is C10H20N2O2. The molecule has 0 spiro atoms. The molecule has 14 heavy (non-hydrogen) atoms. The van der Waals surface area contributed by atoms with Gasteiger partial charge in [0.15, 0.2) is 0 Å². The maximum Gasteiger partial charge on any atom is 0.410 e. The molecule has 1 fully saturated rings. The van der Waals surface area contributed by atoms with Gasteiger partial charge in [-0.15, -0.1) is 0 Å². The number of nitrogens with zero attached hydrogens (tertiary/aromatic N) is 1. The van der Waals surface area contributed by atoms with Crippen molar-refractivity contribution in [1.82, 2.24) is 4.90 Å². The van der Waals surface area contributed by atoms with E-state index in [0.717, 1.165) is 6.42 Å². The van der Waals surface area contributed by atoms with Gasteiger partial charge in [0.1, 0.15) is 5.60 Å². The molecule has 1 atom stereocenters. The lowest BCUT2D eigenvalue weighted by Crippen LogP contribution is -2.42. The van der Waals surface area contributed by atoms with E-state index in [1.54, 1.807) is 4.90 Å². The maximum absolute atomic E-state index is 11.6. The first-order valence-electron chi connectivity index (χ1n) is 4.96. The molecule has 4 heteroatoms. The smallest absolute Gasteiger partial charge is 0.410 e. The largest absolute Gasteiger partial charge is 0.444 e. The summed E-state index contributed by atoms with van der Waals surface area (Å²) in [5, 5.41) is 0. The quantitative estimate of drug-likeness (QED) is 0.642. The van der Waals surface area contributed by atoms with Crippen LogP contribution in [0.3, 0.4) is 0 Å². The molecule has 0 unspecified atom stereocenters. The van der Waals surface area contributed by atoms with Crippen LogP contribution in [0.2, 0.25) is 0 Å². The molecule has 0 bridgehead atoms. The predicted molar refractivity (Wildman–Crippen MR) is 55.0 cm³/mol. The molecule has 1 amide bonds. The van der Waals surface area contributed by atoms with Crippen LogP contribution in [0.1, 0.15) is 34.1 Å². The van der Waals surface area contributed by atoms with Crippen molar-refractivity contribution in [3.05, 3.63) is 0 Å². The Hall–Kier alpha value is -0.770. The first kappa shape index (κ1) is 11.3. The van der Waals surface area contributed by atoms with Gasteiger partial charge >= 0.3 is 6.09 Å². The molecule has 0 aromatic carbocycles. The number of carbonyl (C=O) groups is 1. The number of carbonyl (C=O) groups excluding carboxylic acids is 1. The van der Waals surface area contributed by atoms with Gasteiger partial charge in [-0.1, -0.05) is 0 Å². The van der Waals surface area contributed by atoms with E-state index < -0.39 is 5.60 Å². The lowest BCUT2D eigenvalue weighted by atomic mass is 10.0. The Morgan fingerprint density at radius 1 is 1.50 bits per heavy atom. The summed E-state index contributed by atoms with van der Waals surface area (Å²) in [6, 6.07) is 0. The third-order valence-electron chi connectivity index (χ3n) is 2.16. The average Bonchev–Trinajstić information content (AvgIpc) is 2.26. The lowest BCUT2D eigenvalue weighted by Gasteiger charge is -2.25. The van der Waals surface area contributed by atoms with Crippen LogP contribution in [0.15, 0.2) is 0 Å². The van der Waals surface area contributed by atoms with Gasteiger partial charge in [0.05, 0.1) is 0 Å². The molecule has 0 radical (unpaired) electrons. The lowest BCUT2D eigenvalue weighted by molar-refractivity contribution is 0.0286. The zero-order valence-corrected chi connectivity index (χ0v) is 9.46. The van der Waals surface area contributed by atoms with Gasteiger partial charge in [0.25, 0.3) is 0 Å². The summed E-state index contributed by atoms with van der Waals surface area (Å²) < 4.78 is 5.25. The van der Waals surface area contributed by atoms with Gasteiger partial charge < -0.3 is 15.4 Å². The summed E-state index contributed by atoms with van der Waals surface area (Å²) in [5.74, 6) is 0. The van der Waals surface area contributed by atoms with Gasteiger partial charge in [0.2, 0.25) is 0 Å². The van der Waals surface area contributed by atoms with E-state index in [0.29, 0.717) is 13.1 Å². The highest BCUT2D eigenvalue weighted by Gasteiger charge is 2.34. The Kier molecular flexibility index (Phi) is 2.76. The highest BCUT2D eigenvalue weighted by Crippen LogP contribution is 2.20. The van der Waals surface area contributed by atoms with Crippen LogP contribution in [0.5, 0.6) is 0 Å². The summed E-state index contributed by atoms with van der Waals surface area (Å²) in [5.41, 5.74) is 5.24. The second-order valence-corrected chi connectivity index (χ2v) is 5.31. The molecule has 0 aromatic rings. The number of hydrogen-bond donors (Lipinski definition) is 1. The summed E-state index contributed by atoms with van der Waals surface area (Å²) in [6.07, 6.45) is 0.582. The van der Waals surface area contributed by atoms with Gasteiger partial charge in [-0.2, -0.15) is 0 Å². The molecule has 1 saturated heterocycles. The zero-order valence-electron chi connectivity index (χ0n) is 9.46. The predicted octanol–water partition coefficient (Wildman–Crippen LogP) is 1.34. The van der Waals surface area contributed by atoms with Crippen molar-refractivity contribution in [2.24, 2.45) is 5.73 Å². The van der Waals surface area contributed by atoms with Crippen LogP contribution in [0.4, 0.5) is 4.79 Å². The van der Waals surface area contributed by atoms with Crippen LogP contribution in [-0.2, 0) is 4.74 Å². The molecular weight excluding hydrogens is 180 g/mol. The Labute approximate surface area is 85.4 Å². The van der Waals surface area contributed by atoms with E-state index in [2.05, 4.69) is 0 Å². The highest BCUT2D eigenvalue weighted by atomic mass is 16.6. The Balaban J connectivity index is 2.48. The van der Waals surface area contributed by atoms with Crippen molar-refractivity contribution in [2.75, 3.05) is 13.1 Å². The van der Waals surface area contributed by atoms with E-state index >= 15 is 0 Å². The molecule has 0 saturated carbocycles.